The van der Waals surface area contributed by atoms with Crippen LogP contribution >= 0.6 is 0 Å². The quantitative estimate of drug-likeness (QED) is 0.767. The Morgan fingerprint density at radius 2 is 1.90 bits per heavy atom. The monoisotopic (exact) mass is 278 g/mol. The molecule has 21 heavy (non-hydrogen) atoms. The molecule has 0 aliphatic carbocycles. The molecule has 2 aromatic carbocycles. The minimum atomic E-state index is 0.0112. The zero-order chi connectivity index (χ0) is 14.3. The Balaban J connectivity index is 1.88. The molecule has 4 rings (SSSR count). The Hall–Kier alpha value is -2.13. The van der Waals surface area contributed by atoms with Crippen LogP contribution in [0.15, 0.2) is 52.9 Å². The largest absolute Gasteiger partial charge is 0.436 e. The van der Waals surface area contributed by atoms with E-state index in [9.17, 15) is 0 Å². The maximum atomic E-state index is 5.96. The molecule has 3 nitrogen and oxygen atoms in total. The van der Waals surface area contributed by atoms with Gasteiger partial charge in [-0.2, -0.15) is 0 Å². The van der Waals surface area contributed by atoms with Gasteiger partial charge in [0.2, 0.25) is 5.89 Å². The summed E-state index contributed by atoms with van der Waals surface area (Å²) in [6, 6.07) is 16.3. The summed E-state index contributed by atoms with van der Waals surface area (Å²) in [6.07, 6.45) is 2.35. The lowest BCUT2D eigenvalue weighted by atomic mass is 9.87. The van der Waals surface area contributed by atoms with Crippen LogP contribution in [0.4, 0.5) is 0 Å². The molecule has 1 aromatic heterocycles. The van der Waals surface area contributed by atoms with Gasteiger partial charge < -0.3 is 9.73 Å². The number of hydrogen-bond donors (Lipinski definition) is 1. The van der Waals surface area contributed by atoms with Crippen molar-refractivity contribution in [1.82, 2.24) is 10.3 Å². The fourth-order valence-corrected chi connectivity index (χ4v) is 3.26. The summed E-state index contributed by atoms with van der Waals surface area (Å²) in [5, 5.41) is 3.62. The van der Waals surface area contributed by atoms with Crippen LogP contribution < -0.4 is 5.32 Å². The molecule has 1 aliphatic rings. The number of aromatic nitrogens is 1. The van der Waals surface area contributed by atoms with E-state index < -0.39 is 0 Å². The van der Waals surface area contributed by atoms with Crippen molar-refractivity contribution in [3.8, 4) is 11.5 Å². The molecular weight excluding hydrogens is 260 g/mol. The first-order valence-corrected chi connectivity index (χ1v) is 7.47. The fourth-order valence-electron chi connectivity index (χ4n) is 3.26. The smallest absolute Gasteiger partial charge is 0.227 e. The highest BCUT2D eigenvalue weighted by Gasteiger charge is 2.32. The van der Waals surface area contributed by atoms with E-state index in [4.69, 9.17) is 4.42 Å². The molecule has 0 radical (unpaired) electrons. The number of rotatable bonds is 2. The van der Waals surface area contributed by atoms with E-state index in [-0.39, 0.29) is 5.54 Å². The molecule has 106 valence electrons. The predicted octanol–water partition coefficient (Wildman–Crippen LogP) is 4.09. The van der Waals surface area contributed by atoms with Gasteiger partial charge in [-0.3, -0.25) is 0 Å². The SMILES string of the molecule is CC1(c2ccccc2-c2nc3ccccc3o2)CCCN1. The summed E-state index contributed by atoms with van der Waals surface area (Å²) in [5.41, 5.74) is 4.12. The van der Waals surface area contributed by atoms with Crippen molar-refractivity contribution < 1.29 is 4.42 Å². The first kappa shape index (κ1) is 12.6. The number of fused-ring (bicyclic) bond motifs is 1. The van der Waals surface area contributed by atoms with Gasteiger partial charge >= 0.3 is 0 Å². The third kappa shape index (κ3) is 2.05. The molecule has 1 saturated heterocycles. The van der Waals surface area contributed by atoms with E-state index in [0.29, 0.717) is 5.89 Å². The summed E-state index contributed by atoms with van der Waals surface area (Å²) < 4.78 is 5.96. The molecule has 1 atom stereocenters. The predicted molar refractivity (Wildman–Crippen MR) is 84.0 cm³/mol. The summed E-state index contributed by atoms with van der Waals surface area (Å²) in [5.74, 6) is 0.710. The second kappa shape index (κ2) is 4.71. The van der Waals surface area contributed by atoms with Crippen molar-refractivity contribution in [3.63, 3.8) is 0 Å². The summed E-state index contributed by atoms with van der Waals surface area (Å²) in [6.45, 7) is 3.33. The second-order valence-electron chi connectivity index (χ2n) is 5.89. The van der Waals surface area contributed by atoms with E-state index in [2.05, 4.69) is 35.4 Å². The van der Waals surface area contributed by atoms with Crippen LogP contribution in [0.5, 0.6) is 0 Å². The van der Waals surface area contributed by atoms with Crippen molar-refractivity contribution >= 4 is 11.1 Å². The Morgan fingerprint density at radius 3 is 2.71 bits per heavy atom. The van der Waals surface area contributed by atoms with E-state index in [1.807, 2.05) is 30.3 Å². The second-order valence-corrected chi connectivity index (χ2v) is 5.89. The Morgan fingerprint density at radius 1 is 1.10 bits per heavy atom. The zero-order valence-electron chi connectivity index (χ0n) is 12.1. The van der Waals surface area contributed by atoms with Gasteiger partial charge in [0.15, 0.2) is 5.58 Å². The van der Waals surface area contributed by atoms with Crippen LogP contribution in [-0.4, -0.2) is 11.5 Å². The molecule has 1 unspecified atom stereocenters. The van der Waals surface area contributed by atoms with Crippen molar-refractivity contribution in [1.29, 1.82) is 0 Å². The molecule has 0 bridgehead atoms. The van der Waals surface area contributed by atoms with Crippen molar-refractivity contribution in [3.05, 3.63) is 54.1 Å². The van der Waals surface area contributed by atoms with Crippen LogP contribution in [0.2, 0.25) is 0 Å². The van der Waals surface area contributed by atoms with Crippen LogP contribution in [0.3, 0.4) is 0 Å². The van der Waals surface area contributed by atoms with E-state index in [1.54, 1.807) is 0 Å². The Kier molecular flexibility index (Phi) is 2.82. The van der Waals surface area contributed by atoms with Gasteiger partial charge in [-0.05, 0) is 50.1 Å². The molecule has 0 amide bonds. The van der Waals surface area contributed by atoms with Gasteiger partial charge in [0, 0.05) is 11.1 Å². The molecule has 1 fully saturated rings. The average Bonchev–Trinajstić information content (AvgIpc) is 3.14. The van der Waals surface area contributed by atoms with Crippen molar-refractivity contribution in [2.24, 2.45) is 0 Å². The topological polar surface area (TPSA) is 38.1 Å². The third-order valence-electron chi connectivity index (χ3n) is 4.41. The average molecular weight is 278 g/mol. The molecule has 2 heterocycles. The Labute approximate surface area is 124 Å². The summed E-state index contributed by atoms with van der Waals surface area (Å²) >= 11 is 0. The zero-order valence-corrected chi connectivity index (χ0v) is 12.1. The normalized spacial score (nSPS) is 22.0. The number of hydrogen-bond acceptors (Lipinski definition) is 3. The molecule has 0 saturated carbocycles. The number of oxazole rings is 1. The van der Waals surface area contributed by atoms with E-state index in [0.717, 1.165) is 29.6 Å². The highest BCUT2D eigenvalue weighted by molar-refractivity contribution is 5.76. The molecule has 0 spiro atoms. The third-order valence-corrected chi connectivity index (χ3v) is 4.41. The van der Waals surface area contributed by atoms with Crippen LogP contribution in [-0.2, 0) is 5.54 Å². The molecule has 1 aliphatic heterocycles. The lowest BCUT2D eigenvalue weighted by Crippen LogP contribution is -2.33. The fraction of sp³-hybridized carbons (Fsp3) is 0.278. The lowest BCUT2D eigenvalue weighted by Gasteiger charge is -2.26. The van der Waals surface area contributed by atoms with Gasteiger partial charge in [-0.25, -0.2) is 4.98 Å². The van der Waals surface area contributed by atoms with Crippen molar-refractivity contribution in [2.45, 2.75) is 25.3 Å². The minimum Gasteiger partial charge on any atom is -0.436 e. The van der Waals surface area contributed by atoms with Gasteiger partial charge in [0.1, 0.15) is 5.52 Å². The molecule has 3 heteroatoms. The number of nitrogens with zero attached hydrogens (tertiary/aromatic N) is 1. The first-order valence-electron chi connectivity index (χ1n) is 7.47. The van der Waals surface area contributed by atoms with Crippen LogP contribution in [0.1, 0.15) is 25.3 Å². The van der Waals surface area contributed by atoms with Gasteiger partial charge in [-0.15, -0.1) is 0 Å². The maximum absolute atomic E-state index is 5.96. The minimum absolute atomic E-state index is 0.0112. The number of nitrogens with one attached hydrogen (secondary N) is 1. The lowest BCUT2D eigenvalue weighted by molar-refractivity contribution is 0.434. The molecule has 3 aromatic rings. The summed E-state index contributed by atoms with van der Waals surface area (Å²) in [4.78, 5) is 4.65. The van der Waals surface area contributed by atoms with E-state index >= 15 is 0 Å². The Bertz CT molecular complexity index is 752. The highest BCUT2D eigenvalue weighted by atomic mass is 16.3. The molecular formula is C18H18N2O. The van der Waals surface area contributed by atoms with Gasteiger partial charge in [-0.1, -0.05) is 30.3 Å². The van der Waals surface area contributed by atoms with Gasteiger partial charge in [0.05, 0.1) is 0 Å². The standard InChI is InChI=1S/C18H18N2O/c1-18(11-6-12-19-18)14-8-3-2-7-13(14)17-20-15-9-4-5-10-16(15)21-17/h2-5,7-10,19H,6,11-12H2,1H3. The molecule has 1 N–H and O–H groups in total. The maximum Gasteiger partial charge on any atom is 0.227 e. The van der Waals surface area contributed by atoms with Gasteiger partial charge in [0.25, 0.3) is 0 Å². The van der Waals surface area contributed by atoms with Crippen molar-refractivity contribution in [2.75, 3.05) is 6.54 Å². The number of benzene rings is 2. The van der Waals surface area contributed by atoms with Crippen LogP contribution in [0, 0.1) is 0 Å². The number of para-hydroxylation sites is 2. The summed E-state index contributed by atoms with van der Waals surface area (Å²) in [7, 11) is 0. The van der Waals surface area contributed by atoms with Crippen LogP contribution in [0.25, 0.3) is 22.6 Å². The first-order chi connectivity index (χ1) is 10.3. The highest BCUT2D eigenvalue weighted by Crippen LogP contribution is 2.37. The van der Waals surface area contributed by atoms with E-state index in [1.165, 1.54) is 12.0 Å².